The first-order chi connectivity index (χ1) is 10.8. The standard InChI is InChI=1S/C17H16N2O2S/c1-20-12-5-3-11(4-6-12)17-19-15-8-7-13(21-2)9-14(15)18-16(19)10-22-17/h3-9,17H,10H2,1-2H3. The molecule has 0 saturated heterocycles. The van der Waals surface area contributed by atoms with Crippen molar-refractivity contribution in [2.24, 2.45) is 0 Å². The lowest BCUT2D eigenvalue weighted by atomic mass is 10.2. The Hall–Kier alpha value is -2.14. The average molecular weight is 312 g/mol. The van der Waals surface area contributed by atoms with Crippen LogP contribution < -0.4 is 9.47 Å². The molecular formula is C17H16N2O2S. The van der Waals surface area contributed by atoms with Gasteiger partial charge in [0.2, 0.25) is 0 Å². The van der Waals surface area contributed by atoms with Crippen molar-refractivity contribution in [3.63, 3.8) is 0 Å². The van der Waals surface area contributed by atoms with E-state index in [4.69, 9.17) is 14.5 Å². The van der Waals surface area contributed by atoms with Crippen LogP contribution in [0.15, 0.2) is 42.5 Å². The zero-order chi connectivity index (χ0) is 15.1. The molecule has 2 heterocycles. The Kier molecular flexibility index (Phi) is 3.22. The van der Waals surface area contributed by atoms with Crippen LogP contribution in [0.1, 0.15) is 16.8 Å². The fourth-order valence-corrected chi connectivity index (χ4v) is 4.11. The third kappa shape index (κ3) is 2.04. The molecule has 1 aromatic heterocycles. The topological polar surface area (TPSA) is 36.3 Å². The molecule has 0 fully saturated rings. The summed E-state index contributed by atoms with van der Waals surface area (Å²) in [6.45, 7) is 0. The molecule has 0 bridgehead atoms. The second-order valence-electron chi connectivity index (χ2n) is 5.19. The lowest BCUT2D eigenvalue weighted by molar-refractivity contribution is 0.414. The van der Waals surface area contributed by atoms with Crippen LogP contribution in [0.5, 0.6) is 11.5 Å². The van der Waals surface area contributed by atoms with Crippen molar-refractivity contribution in [2.45, 2.75) is 11.1 Å². The maximum atomic E-state index is 5.29. The number of ether oxygens (including phenoxy) is 2. The molecule has 5 heteroatoms. The largest absolute Gasteiger partial charge is 0.497 e. The van der Waals surface area contributed by atoms with E-state index in [2.05, 4.69) is 22.8 Å². The van der Waals surface area contributed by atoms with Gasteiger partial charge < -0.3 is 14.0 Å². The van der Waals surface area contributed by atoms with Crippen molar-refractivity contribution in [1.29, 1.82) is 0 Å². The monoisotopic (exact) mass is 312 g/mol. The predicted molar refractivity (Wildman–Crippen MR) is 88.7 cm³/mol. The summed E-state index contributed by atoms with van der Waals surface area (Å²) in [6, 6.07) is 14.4. The Morgan fingerprint density at radius 2 is 1.77 bits per heavy atom. The van der Waals surface area contributed by atoms with Crippen molar-refractivity contribution in [3.05, 3.63) is 53.9 Å². The lowest BCUT2D eigenvalue weighted by Crippen LogP contribution is -2.03. The van der Waals surface area contributed by atoms with Gasteiger partial charge in [-0.05, 0) is 29.8 Å². The third-order valence-corrected chi connectivity index (χ3v) is 5.20. The Bertz CT molecular complexity index is 827. The van der Waals surface area contributed by atoms with Crippen LogP contribution in [-0.4, -0.2) is 23.8 Å². The number of hydrogen-bond donors (Lipinski definition) is 0. The van der Waals surface area contributed by atoms with Crippen LogP contribution in [0.2, 0.25) is 0 Å². The average Bonchev–Trinajstić information content (AvgIpc) is 3.13. The molecule has 1 aliphatic rings. The van der Waals surface area contributed by atoms with Crippen molar-refractivity contribution >= 4 is 22.8 Å². The van der Waals surface area contributed by atoms with Crippen LogP contribution in [-0.2, 0) is 5.75 Å². The molecule has 0 N–H and O–H groups in total. The number of fused-ring (bicyclic) bond motifs is 3. The maximum absolute atomic E-state index is 5.29. The van der Waals surface area contributed by atoms with Crippen molar-refractivity contribution < 1.29 is 9.47 Å². The molecule has 1 atom stereocenters. The van der Waals surface area contributed by atoms with E-state index in [-0.39, 0.29) is 5.37 Å². The number of imidazole rings is 1. The minimum absolute atomic E-state index is 0.263. The molecule has 4 rings (SSSR count). The van der Waals surface area contributed by atoms with Gasteiger partial charge in [0.1, 0.15) is 22.7 Å². The van der Waals surface area contributed by atoms with E-state index in [0.29, 0.717) is 0 Å². The second-order valence-corrected chi connectivity index (χ2v) is 6.26. The Morgan fingerprint density at radius 3 is 2.50 bits per heavy atom. The highest BCUT2D eigenvalue weighted by atomic mass is 32.2. The highest BCUT2D eigenvalue weighted by Crippen LogP contribution is 2.43. The predicted octanol–water partition coefficient (Wildman–Crippen LogP) is 3.85. The van der Waals surface area contributed by atoms with Gasteiger partial charge in [0.05, 0.1) is 31.0 Å². The number of methoxy groups -OCH3 is 2. The molecule has 0 saturated carbocycles. The first kappa shape index (κ1) is 13.5. The van der Waals surface area contributed by atoms with Gasteiger partial charge in [-0.25, -0.2) is 4.98 Å². The SMILES string of the molecule is COc1ccc(C2SCc3nc4cc(OC)ccc4n32)cc1. The third-order valence-electron chi connectivity index (χ3n) is 3.98. The zero-order valence-corrected chi connectivity index (χ0v) is 13.3. The van der Waals surface area contributed by atoms with Crippen LogP contribution in [0.3, 0.4) is 0 Å². The van der Waals surface area contributed by atoms with E-state index in [1.165, 1.54) is 5.56 Å². The summed E-state index contributed by atoms with van der Waals surface area (Å²) >= 11 is 1.90. The fourth-order valence-electron chi connectivity index (χ4n) is 2.86. The summed E-state index contributed by atoms with van der Waals surface area (Å²) in [4.78, 5) is 4.75. The minimum Gasteiger partial charge on any atom is -0.497 e. The highest BCUT2D eigenvalue weighted by molar-refractivity contribution is 7.99. The van der Waals surface area contributed by atoms with E-state index >= 15 is 0 Å². The summed E-state index contributed by atoms with van der Waals surface area (Å²) in [6.07, 6.45) is 0. The first-order valence-electron chi connectivity index (χ1n) is 7.10. The summed E-state index contributed by atoms with van der Waals surface area (Å²) in [5.74, 6) is 3.77. The van der Waals surface area contributed by atoms with Crippen LogP contribution in [0.25, 0.3) is 11.0 Å². The summed E-state index contributed by atoms with van der Waals surface area (Å²) in [7, 11) is 3.37. The van der Waals surface area contributed by atoms with Crippen molar-refractivity contribution in [3.8, 4) is 11.5 Å². The van der Waals surface area contributed by atoms with Gasteiger partial charge >= 0.3 is 0 Å². The second kappa shape index (κ2) is 5.25. The maximum Gasteiger partial charge on any atom is 0.121 e. The van der Waals surface area contributed by atoms with Crippen LogP contribution in [0.4, 0.5) is 0 Å². The van der Waals surface area contributed by atoms with Crippen LogP contribution >= 0.6 is 11.8 Å². The number of hydrogen-bond acceptors (Lipinski definition) is 4. The van der Waals surface area contributed by atoms with Gasteiger partial charge in [-0.1, -0.05) is 12.1 Å². The minimum atomic E-state index is 0.263. The molecule has 4 nitrogen and oxygen atoms in total. The number of rotatable bonds is 3. The first-order valence-corrected chi connectivity index (χ1v) is 8.15. The van der Waals surface area contributed by atoms with Gasteiger partial charge in [-0.2, -0.15) is 0 Å². The molecule has 1 unspecified atom stereocenters. The smallest absolute Gasteiger partial charge is 0.121 e. The van der Waals surface area contributed by atoms with E-state index in [9.17, 15) is 0 Å². The Balaban J connectivity index is 1.80. The van der Waals surface area contributed by atoms with Gasteiger partial charge in [0.15, 0.2) is 0 Å². The van der Waals surface area contributed by atoms with Crippen molar-refractivity contribution in [1.82, 2.24) is 9.55 Å². The van der Waals surface area contributed by atoms with Crippen LogP contribution in [0, 0.1) is 0 Å². The fraction of sp³-hybridized carbons (Fsp3) is 0.235. The van der Waals surface area contributed by atoms with Gasteiger partial charge in [0, 0.05) is 6.07 Å². The molecule has 0 radical (unpaired) electrons. The summed E-state index contributed by atoms with van der Waals surface area (Å²) < 4.78 is 12.9. The number of thioether (sulfide) groups is 1. The molecular weight excluding hydrogens is 296 g/mol. The molecule has 0 aliphatic carbocycles. The number of nitrogens with zero attached hydrogens (tertiary/aromatic N) is 2. The van der Waals surface area contributed by atoms with E-state index < -0.39 is 0 Å². The molecule has 22 heavy (non-hydrogen) atoms. The molecule has 1 aliphatic heterocycles. The summed E-state index contributed by atoms with van der Waals surface area (Å²) in [5.41, 5.74) is 3.41. The quantitative estimate of drug-likeness (QED) is 0.736. The molecule has 0 amide bonds. The molecule has 0 spiro atoms. The van der Waals surface area contributed by atoms with E-state index in [1.807, 2.05) is 36.0 Å². The normalized spacial score (nSPS) is 16.7. The zero-order valence-electron chi connectivity index (χ0n) is 12.4. The van der Waals surface area contributed by atoms with E-state index in [0.717, 1.165) is 34.1 Å². The Morgan fingerprint density at radius 1 is 1.05 bits per heavy atom. The molecule has 3 aromatic rings. The molecule has 2 aromatic carbocycles. The molecule has 112 valence electrons. The van der Waals surface area contributed by atoms with Gasteiger partial charge in [-0.15, -0.1) is 11.8 Å². The van der Waals surface area contributed by atoms with Gasteiger partial charge in [0.25, 0.3) is 0 Å². The lowest BCUT2D eigenvalue weighted by Gasteiger charge is -2.14. The highest BCUT2D eigenvalue weighted by Gasteiger charge is 2.27. The number of benzene rings is 2. The summed E-state index contributed by atoms with van der Waals surface area (Å²) in [5, 5.41) is 0.263. The van der Waals surface area contributed by atoms with Gasteiger partial charge in [-0.3, -0.25) is 0 Å². The Labute approximate surface area is 133 Å². The number of aromatic nitrogens is 2. The van der Waals surface area contributed by atoms with Crippen molar-refractivity contribution in [2.75, 3.05) is 14.2 Å². The van der Waals surface area contributed by atoms with E-state index in [1.54, 1.807) is 14.2 Å².